The zero-order valence-electron chi connectivity index (χ0n) is 11.6. The molecule has 0 saturated heterocycles. The lowest BCUT2D eigenvalue weighted by atomic mass is 10.1. The number of hydrogen-bond donors (Lipinski definition) is 1. The molecule has 1 amide bonds. The maximum Gasteiger partial charge on any atom is 0.225 e. The third kappa shape index (κ3) is 3.25. The minimum atomic E-state index is -0.0494. The Morgan fingerprint density at radius 3 is 2.65 bits per heavy atom. The van der Waals surface area contributed by atoms with E-state index in [-0.39, 0.29) is 5.91 Å². The van der Waals surface area contributed by atoms with Gasteiger partial charge in [0.15, 0.2) is 0 Å². The average molecular weight is 284 g/mol. The average Bonchev–Trinajstić information content (AvgIpc) is 2.72. The highest BCUT2D eigenvalue weighted by Gasteiger charge is 2.14. The second kappa shape index (κ2) is 6.36. The van der Waals surface area contributed by atoms with Crippen LogP contribution in [-0.4, -0.2) is 5.91 Å². The van der Waals surface area contributed by atoms with Crippen molar-refractivity contribution in [2.24, 2.45) is 0 Å². The Kier molecular flexibility index (Phi) is 4.54. The topological polar surface area (TPSA) is 52.9 Å². The van der Waals surface area contributed by atoms with Crippen LogP contribution in [0.2, 0.25) is 0 Å². The van der Waals surface area contributed by atoms with Gasteiger partial charge in [-0.2, -0.15) is 5.26 Å². The fourth-order valence-corrected chi connectivity index (χ4v) is 2.97. The number of rotatable bonds is 4. The van der Waals surface area contributed by atoms with Crippen molar-refractivity contribution in [2.45, 2.75) is 26.7 Å². The van der Waals surface area contributed by atoms with Gasteiger partial charge >= 0.3 is 0 Å². The van der Waals surface area contributed by atoms with Gasteiger partial charge < -0.3 is 5.32 Å². The summed E-state index contributed by atoms with van der Waals surface area (Å²) >= 11 is 1.46. The normalized spacial score (nSPS) is 10.1. The zero-order valence-corrected chi connectivity index (χ0v) is 12.4. The Balaban J connectivity index is 1.99. The quantitative estimate of drug-likeness (QED) is 0.928. The molecule has 0 atom stereocenters. The number of aryl methyl sites for hydroxylation is 2. The molecule has 0 aliphatic carbocycles. The second-order valence-electron chi connectivity index (χ2n) is 4.63. The Hall–Kier alpha value is -2.12. The van der Waals surface area contributed by atoms with Gasteiger partial charge in [-0.05, 0) is 31.4 Å². The molecule has 3 nitrogen and oxygen atoms in total. The van der Waals surface area contributed by atoms with E-state index >= 15 is 0 Å². The molecular formula is C16H16N2OS. The van der Waals surface area contributed by atoms with E-state index in [4.69, 9.17) is 5.26 Å². The Labute approximate surface area is 122 Å². The molecule has 1 heterocycles. The van der Waals surface area contributed by atoms with E-state index in [2.05, 4.69) is 11.4 Å². The van der Waals surface area contributed by atoms with E-state index in [9.17, 15) is 4.79 Å². The van der Waals surface area contributed by atoms with Gasteiger partial charge in [0, 0.05) is 11.3 Å². The van der Waals surface area contributed by atoms with Crippen LogP contribution in [-0.2, 0) is 11.2 Å². The molecular weight excluding hydrogens is 268 g/mol. The first-order valence-electron chi connectivity index (χ1n) is 6.45. The van der Waals surface area contributed by atoms with Gasteiger partial charge in [-0.15, -0.1) is 11.3 Å². The second-order valence-corrected chi connectivity index (χ2v) is 5.86. The van der Waals surface area contributed by atoms with Crippen LogP contribution >= 0.6 is 11.3 Å². The summed E-state index contributed by atoms with van der Waals surface area (Å²) in [5.41, 5.74) is 2.68. The summed E-state index contributed by atoms with van der Waals surface area (Å²) < 4.78 is 0. The molecule has 0 bridgehead atoms. The van der Waals surface area contributed by atoms with Crippen molar-refractivity contribution in [3.8, 4) is 6.07 Å². The molecule has 1 N–H and O–H groups in total. The first-order chi connectivity index (χ1) is 9.61. The zero-order chi connectivity index (χ0) is 14.5. The molecule has 20 heavy (non-hydrogen) atoms. The summed E-state index contributed by atoms with van der Waals surface area (Å²) in [7, 11) is 0. The molecule has 102 valence electrons. The Bertz CT molecular complexity index is 653. The van der Waals surface area contributed by atoms with E-state index in [1.54, 1.807) is 0 Å². The molecule has 1 aromatic carbocycles. The summed E-state index contributed by atoms with van der Waals surface area (Å²) in [5, 5.41) is 12.7. The van der Waals surface area contributed by atoms with E-state index in [0.717, 1.165) is 16.0 Å². The highest BCUT2D eigenvalue weighted by molar-refractivity contribution is 7.16. The van der Waals surface area contributed by atoms with Crippen molar-refractivity contribution in [3.05, 3.63) is 51.9 Å². The summed E-state index contributed by atoms with van der Waals surface area (Å²) in [6.07, 6.45) is 1.13. The van der Waals surface area contributed by atoms with Crippen molar-refractivity contribution in [1.82, 2.24) is 0 Å². The predicted octanol–water partition coefficient (Wildman–Crippen LogP) is 3.81. The number of nitrogens with one attached hydrogen (secondary N) is 1. The highest BCUT2D eigenvalue weighted by atomic mass is 32.1. The third-order valence-electron chi connectivity index (χ3n) is 3.23. The number of thiophene rings is 1. The fraction of sp³-hybridized carbons (Fsp3) is 0.250. The van der Waals surface area contributed by atoms with Gasteiger partial charge in [-0.3, -0.25) is 4.79 Å². The van der Waals surface area contributed by atoms with Gasteiger partial charge in [0.25, 0.3) is 0 Å². The summed E-state index contributed by atoms with van der Waals surface area (Å²) in [4.78, 5) is 13.0. The lowest BCUT2D eigenvalue weighted by Gasteiger charge is -2.03. The van der Waals surface area contributed by atoms with Crippen LogP contribution in [0.5, 0.6) is 0 Å². The number of nitriles is 1. The number of nitrogens with zero attached hydrogens (tertiary/aromatic N) is 1. The van der Waals surface area contributed by atoms with Gasteiger partial charge in [0.2, 0.25) is 5.91 Å². The smallest absolute Gasteiger partial charge is 0.225 e. The van der Waals surface area contributed by atoms with Crippen LogP contribution in [0.3, 0.4) is 0 Å². The summed E-state index contributed by atoms with van der Waals surface area (Å²) in [5.74, 6) is -0.0494. The number of anilines is 1. The molecule has 2 rings (SSSR count). The Morgan fingerprint density at radius 1 is 1.30 bits per heavy atom. The first kappa shape index (κ1) is 14.3. The molecule has 0 spiro atoms. The van der Waals surface area contributed by atoms with Crippen LogP contribution in [0, 0.1) is 25.2 Å². The van der Waals surface area contributed by atoms with Crippen molar-refractivity contribution >= 4 is 22.2 Å². The number of carbonyl (C=O) groups is 1. The number of carbonyl (C=O) groups excluding carboxylic acids is 1. The monoisotopic (exact) mass is 284 g/mol. The van der Waals surface area contributed by atoms with Gasteiger partial charge in [-0.1, -0.05) is 30.3 Å². The van der Waals surface area contributed by atoms with Crippen LogP contribution in [0.15, 0.2) is 30.3 Å². The molecule has 4 heteroatoms. The fourth-order valence-electron chi connectivity index (χ4n) is 1.94. The Morgan fingerprint density at radius 2 is 2.00 bits per heavy atom. The minimum Gasteiger partial charge on any atom is -0.317 e. The molecule has 0 radical (unpaired) electrons. The number of benzene rings is 1. The lowest BCUT2D eigenvalue weighted by molar-refractivity contribution is -0.116. The van der Waals surface area contributed by atoms with Crippen LogP contribution in [0.4, 0.5) is 5.00 Å². The largest absolute Gasteiger partial charge is 0.317 e. The van der Waals surface area contributed by atoms with Crippen LogP contribution < -0.4 is 5.32 Å². The summed E-state index contributed by atoms with van der Waals surface area (Å²) in [6.45, 7) is 3.87. The SMILES string of the molecule is Cc1sc(NC(=O)CCc2ccccc2)c(C#N)c1C. The van der Waals surface area contributed by atoms with Crippen LogP contribution in [0.25, 0.3) is 0 Å². The lowest BCUT2D eigenvalue weighted by Crippen LogP contribution is -2.12. The van der Waals surface area contributed by atoms with E-state index in [1.165, 1.54) is 11.3 Å². The standard InChI is InChI=1S/C16H16N2OS/c1-11-12(2)20-16(14(11)10-17)18-15(19)9-8-13-6-4-3-5-7-13/h3-7H,8-9H2,1-2H3,(H,18,19). The molecule has 0 aliphatic rings. The number of amides is 1. The van der Waals surface area contributed by atoms with Crippen LogP contribution in [0.1, 0.15) is 28.0 Å². The number of hydrogen-bond acceptors (Lipinski definition) is 3. The van der Waals surface area contributed by atoms with E-state index in [0.29, 0.717) is 23.4 Å². The van der Waals surface area contributed by atoms with Gasteiger partial charge in [0.05, 0.1) is 5.56 Å². The first-order valence-corrected chi connectivity index (χ1v) is 7.27. The summed E-state index contributed by atoms with van der Waals surface area (Å²) in [6, 6.07) is 12.1. The van der Waals surface area contributed by atoms with Crippen molar-refractivity contribution in [3.63, 3.8) is 0 Å². The van der Waals surface area contributed by atoms with E-state index < -0.39 is 0 Å². The molecule has 0 aliphatic heterocycles. The van der Waals surface area contributed by atoms with Gasteiger partial charge in [-0.25, -0.2) is 0 Å². The molecule has 0 unspecified atom stereocenters. The minimum absolute atomic E-state index is 0.0494. The van der Waals surface area contributed by atoms with Gasteiger partial charge in [0.1, 0.15) is 11.1 Å². The van der Waals surface area contributed by atoms with E-state index in [1.807, 2.05) is 44.2 Å². The molecule has 2 aromatic rings. The van der Waals surface area contributed by atoms with Crippen molar-refractivity contribution in [1.29, 1.82) is 5.26 Å². The van der Waals surface area contributed by atoms with Crippen molar-refractivity contribution < 1.29 is 4.79 Å². The molecule has 1 aromatic heterocycles. The maximum atomic E-state index is 12.0. The van der Waals surface area contributed by atoms with Crippen molar-refractivity contribution in [2.75, 3.05) is 5.32 Å². The molecule has 0 fully saturated rings. The predicted molar refractivity (Wildman–Crippen MR) is 81.9 cm³/mol. The third-order valence-corrected chi connectivity index (χ3v) is 4.36. The molecule has 0 saturated carbocycles. The maximum absolute atomic E-state index is 12.0. The highest BCUT2D eigenvalue weighted by Crippen LogP contribution is 2.31.